The molecule has 4 nitrogen and oxygen atoms in total. The number of aromatic nitrogens is 3. The molecule has 1 heterocycles. The summed E-state index contributed by atoms with van der Waals surface area (Å²) in [7, 11) is 0. The van der Waals surface area contributed by atoms with Gasteiger partial charge in [0.05, 0.1) is 5.69 Å². The molecule has 0 aliphatic rings. The van der Waals surface area contributed by atoms with Gasteiger partial charge in [0.2, 0.25) is 0 Å². The summed E-state index contributed by atoms with van der Waals surface area (Å²) >= 11 is 6.91. The van der Waals surface area contributed by atoms with Gasteiger partial charge in [0, 0.05) is 21.1 Å². The van der Waals surface area contributed by atoms with Crippen LogP contribution in [0, 0.1) is 5.92 Å². The fourth-order valence-electron chi connectivity index (χ4n) is 1.76. The minimum Gasteiger partial charge on any atom is -0.397 e. The van der Waals surface area contributed by atoms with Crippen LogP contribution in [-0.2, 0) is 6.54 Å². The first-order chi connectivity index (χ1) is 8.49. The molecule has 0 aliphatic heterocycles. The van der Waals surface area contributed by atoms with Crippen molar-refractivity contribution in [3.63, 3.8) is 0 Å². The lowest BCUT2D eigenvalue weighted by molar-refractivity contribution is 0.525. The highest BCUT2D eigenvalue weighted by molar-refractivity contribution is 9.11. The third-order valence-electron chi connectivity index (χ3n) is 2.51. The summed E-state index contributed by atoms with van der Waals surface area (Å²) in [6.45, 7) is 5.18. The highest BCUT2D eigenvalue weighted by Crippen LogP contribution is 2.34. The van der Waals surface area contributed by atoms with Gasteiger partial charge in [0.1, 0.15) is 6.33 Å². The number of nitrogens with two attached hydrogens (primary N) is 1. The lowest BCUT2D eigenvalue weighted by Gasteiger charge is -2.12. The number of anilines is 1. The van der Waals surface area contributed by atoms with Crippen LogP contribution in [0.25, 0.3) is 11.4 Å². The van der Waals surface area contributed by atoms with E-state index in [0.29, 0.717) is 11.6 Å². The van der Waals surface area contributed by atoms with Gasteiger partial charge in [-0.05, 0) is 34.0 Å². The van der Waals surface area contributed by atoms with Crippen molar-refractivity contribution < 1.29 is 0 Å². The molecule has 0 radical (unpaired) electrons. The zero-order valence-electron chi connectivity index (χ0n) is 10.2. The molecule has 0 atom stereocenters. The van der Waals surface area contributed by atoms with Crippen molar-refractivity contribution in [1.29, 1.82) is 0 Å². The number of nitrogens with zero attached hydrogens (tertiary/aromatic N) is 3. The van der Waals surface area contributed by atoms with Crippen LogP contribution in [0.3, 0.4) is 0 Å². The highest BCUT2D eigenvalue weighted by atomic mass is 79.9. The Labute approximate surface area is 123 Å². The molecule has 0 spiro atoms. The molecule has 96 valence electrons. The van der Waals surface area contributed by atoms with E-state index in [1.807, 2.05) is 16.7 Å². The maximum atomic E-state index is 6.09. The summed E-state index contributed by atoms with van der Waals surface area (Å²) in [6.07, 6.45) is 1.74. The SMILES string of the molecule is CC(C)Cn1cnnc1-c1cc(Br)cc(Br)c1N. The Morgan fingerprint density at radius 3 is 2.72 bits per heavy atom. The molecule has 0 fully saturated rings. The first-order valence-corrected chi connectivity index (χ1v) is 7.20. The molecule has 2 N–H and O–H groups in total. The molecule has 6 heteroatoms. The van der Waals surface area contributed by atoms with Crippen LogP contribution in [0.4, 0.5) is 5.69 Å². The Balaban J connectivity index is 2.52. The molecular weight excluding hydrogens is 360 g/mol. The molecular formula is C12H14Br2N4. The quantitative estimate of drug-likeness (QED) is 0.834. The minimum atomic E-state index is 0.525. The predicted octanol–water partition coefficient (Wildman–Crippen LogP) is 3.71. The average molecular weight is 374 g/mol. The molecule has 2 rings (SSSR count). The Bertz CT molecular complexity index is 563. The molecule has 0 aliphatic carbocycles. The summed E-state index contributed by atoms with van der Waals surface area (Å²) in [6, 6.07) is 3.88. The Morgan fingerprint density at radius 1 is 1.33 bits per heavy atom. The third kappa shape index (κ3) is 2.75. The van der Waals surface area contributed by atoms with Crippen molar-refractivity contribution in [1.82, 2.24) is 14.8 Å². The van der Waals surface area contributed by atoms with Gasteiger partial charge >= 0.3 is 0 Å². The summed E-state index contributed by atoms with van der Waals surface area (Å²) in [5.74, 6) is 1.32. The van der Waals surface area contributed by atoms with Gasteiger partial charge in [-0.25, -0.2) is 0 Å². The molecule has 0 saturated heterocycles. The lowest BCUT2D eigenvalue weighted by Crippen LogP contribution is -2.06. The lowest BCUT2D eigenvalue weighted by atomic mass is 10.1. The normalized spacial score (nSPS) is 11.2. The first-order valence-electron chi connectivity index (χ1n) is 5.61. The number of halogens is 2. The van der Waals surface area contributed by atoms with Crippen LogP contribution in [0.5, 0.6) is 0 Å². The largest absolute Gasteiger partial charge is 0.397 e. The monoisotopic (exact) mass is 372 g/mol. The number of benzene rings is 1. The van der Waals surface area contributed by atoms with Crippen molar-refractivity contribution >= 4 is 37.5 Å². The van der Waals surface area contributed by atoms with Crippen molar-refractivity contribution in [3.05, 3.63) is 27.4 Å². The van der Waals surface area contributed by atoms with Crippen molar-refractivity contribution in [2.24, 2.45) is 5.92 Å². The van der Waals surface area contributed by atoms with Crippen LogP contribution in [0.15, 0.2) is 27.4 Å². The molecule has 0 bridgehead atoms. The Morgan fingerprint density at radius 2 is 2.06 bits per heavy atom. The smallest absolute Gasteiger partial charge is 0.165 e. The second-order valence-electron chi connectivity index (χ2n) is 4.55. The zero-order chi connectivity index (χ0) is 13.3. The van der Waals surface area contributed by atoms with E-state index < -0.39 is 0 Å². The average Bonchev–Trinajstić information content (AvgIpc) is 2.70. The van der Waals surface area contributed by atoms with Crippen LogP contribution in [-0.4, -0.2) is 14.8 Å². The van der Waals surface area contributed by atoms with Crippen LogP contribution in [0.2, 0.25) is 0 Å². The molecule has 2 aromatic rings. The van der Waals surface area contributed by atoms with Gasteiger partial charge in [-0.2, -0.15) is 0 Å². The van der Waals surface area contributed by atoms with Gasteiger partial charge in [0.25, 0.3) is 0 Å². The summed E-state index contributed by atoms with van der Waals surface area (Å²) < 4.78 is 3.83. The number of nitrogen functional groups attached to an aromatic ring is 1. The second-order valence-corrected chi connectivity index (χ2v) is 6.32. The van der Waals surface area contributed by atoms with Gasteiger partial charge in [0.15, 0.2) is 5.82 Å². The Hall–Kier alpha value is -0.880. The van der Waals surface area contributed by atoms with Crippen molar-refractivity contribution in [2.75, 3.05) is 5.73 Å². The number of rotatable bonds is 3. The fraction of sp³-hybridized carbons (Fsp3) is 0.333. The van der Waals surface area contributed by atoms with E-state index in [4.69, 9.17) is 5.73 Å². The van der Waals surface area contributed by atoms with Gasteiger partial charge < -0.3 is 10.3 Å². The summed E-state index contributed by atoms with van der Waals surface area (Å²) in [5, 5.41) is 8.15. The molecule has 0 amide bonds. The van der Waals surface area contributed by atoms with Gasteiger partial charge in [-0.1, -0.05) is 29.8 Å². The first kappa shape index (κ1) is 13.5. The van der Waals surface area contributed by atoms with Crippen molar-refractivity contribution in [3.8, 4) is 11.4 Å². The van der Waals surface area contributed by atoms with E-state index in [-0.39, 0.29) is 0 Å². The Kier molecular flexibility index (Phi) is 4.07. The molecule has 1 aromatic carbocycles. The summed E-state index contributed by atoms with van der Waals surface area (Å²) in [4.78, 5) is 0. The van der Waals surface area contributed by atoms with E-state index in [9.17, 15) is 0 Å². The maximum Gasteiger partial charge on any atom is 0.165 e. The fourth-order valence-corrected chi connectivity index (χ4v) is 2.99. The van der Waals surface area contributed by atoms with E-state index in [1.54, 1.807) is 6.33 Å². The third-order valence-corrected chi connectivity index (χ3v) is 3.63. The van der Waals surface area contributed by atoms with Crippen molar-refractivity contribution in [2.45, 2.75) is 20.4 Å². The summed E-state index contributed by atoms with van der Waals surface area (Å²) in [5.41, 5.74) is 7.65. The predicted molar refractivity (Wildman–Crippen MR) is 80.1 cm³/mol. The number of hydrogen-bond acceptors (Lipinski definition) is 3. The highest BCUT2D eigenvalue weighted by Gasteiger charge is 2.14. The van der Waals surface area contributed by atoms with Crippen LogP contribution >= 0.6 is 31.9 Å². The molecule has 1 aromatic heterocycles. The molecule has 18 heavy (non-hydrogen) atoms. The topological polar surface area (TPSA) is 56.7 Å². The zero-order valence-corrected chi connectivity index (χ0v) is 13.4. The van der Waals surface area contributed by atoms with E-state index in [2.05, 4.69) is 55.9 Å². The van der Waals surface area contributed by atoms with E-state index in [1.165, 1.54) is 0 Å². The number of hydrogen-bond donors (Lipinski definition) is 1. The van der Waals surface area contributed by atoms with Crippen LogP contribution in [0.1, 0.15) is 13.8 Å². The maximum absolute atomic E-state index is 6.09. The van der Waals surface area contributed by atoms with Gasteiger partial charge in [-0.3, -0.25) is 0 Å². The minimum absolute atomic E-state index is 0.525. The molecule has 0 saturated carbocycles. The second kappa shape index (κ2) is 5.40. The standard InChI is InChI=1S/C12H14Br2N4/c1-7(2)5-18-6-16-17-12(18)9-3-8(13)4-10(14)11(9)15/h3-4,6-7H,5,15H2,1-2H3. The van der Waals surface area contributed by atoms with E-state index in [0.717, 1.165) is 26.9 Å². The van der Waals surface area contributed by atoms with E-state index >= 15 is 0 Å². The van der Waals surface area contributed by atoms with Gasteiger partial charge in [-0.15, -0.1) is 10.2 Å². The molecule has 0 unspecified atom stereocenters. The van der Waals surface area contributed by atoms with Crippen LogP contribution < -0.4 is 5.73 Å².